The molecule has 0 N–H and O–H groups in total. The molecule has 4 nitrogen and oxygen atoms in total. The third-order valence-corrected chi connectivity index (χ3v) is 3.79. The van der Waals surface area contributed by atoms with Crippen molar-refractivity contribution in [3.63, 3.8) is 0 Å². The highest BCUT2D eigenvalue weighted by molar-refractivity contribution is 7.85. The van der Waals surface area contributed by atoms with E-state index in [0.29, 0.717) is 5.75 Å². The van der Waals surface area contributed by atoms with Crippen molar-refractivity contribution in [1.29, 1.82) is 0 Å². The molecule has 0 radical (unpaired) electrons. The summed E-state index contributed by atoms with van der Waals surface area (Å²) in [4.78, 5) is 12.5. The molecule has 0 bridgehead atoms. The Bertz CT molecular complexity index is 308. The number of carbonyl (C=O) groups excluding carboxylic acids is 1. The lowest BCUT2D eigenvalue weighted by atomic mass is 10.2. The van der Waals surface area contributed by atoms with Crippen molar-refractivity contribution in [3.05, 3.63) is 0 Å². The van der Waals surface area contributed by atoms with Crippen LogP contribution in [0, 0.1) is 5.92 Å². The molecular formula is C9H14F3NO3S. The van der Waals surface area contributed by atoms with Gasteiger partial charge in [0.05, 0.1) is 0 Å². The van der Waals surface area contributed by atoms with E-state index in [9.17, 15) is 22.2 Å². The summed E-state index contributed by atoms with van der Waals surface area (Å²) in [5.41, 5.74) is 0. The topological polar surface area (TPSA) is 46.6 Å². The van der Waals surface area contributed by atoms with Gasteiger partial charge < -0.3 is 9.64 Å². The van der Waals surface area contributed by atoms with E-state index in [0.717, 1.165) is 0 Å². The van der Waals surface area contributed by atoms with Crippen molar-refractivity contribution in [1.82, 2.24) is 4.90 Å². The quantitative estimate of drug-likeness (QED) is 0.725. The Morgan fingerprint density at radius 3 is 2.76 bits per heavy atom. The van der Waals surface area contributed by atoms with Gasteiger partial charge in [-0.1, -0.05) is 6.92 Å². The highest BCUT2D eigenvalue weighted by Crippen LogP contribution is 2.16. The standard InChI is InChI=1S/C9H14F3NO3S/c1-7-4-13(2-3-17(15)5-7)8(14)16-6-9(10,11)12/h7H,2-6H2,1H3/t7-,17+/m1/s1. The highest BCUT2D eigenvalue weighted by atomic mass is 32.2. The first-order chi connectivity index (χ1) is 7.78. The normalized spacial score (nSPS) is 26.5. The van der Waals surface area contributed by atoms with E-state index in [1.54, 1.807) is 6.92 Å². The van der Waals surface area contributed by atoms with Gasteiger partial charge in [0.25, 0.3) is 0 Å². The fourth-order valence-corrected chi connectivity index (χ4v) is 2.86. The van der Waals surface area contributed by atoms with E-state index in [4.69, 9.17) is 0 Å². The number of carbonyl (C=O) groups is 1. The van der Waals surface area contributed by atoms with Crippen LogP contribution in [0.25, 0.3) is 0 Å². The van der Waals surface area contributed by atoms with Crippen LogP contribution in [-0.2, 0) is 15.5 Å². The first-order valence-electron chi connectivity index (χ1n) is 5.11. The van der Waals surface area contributed by atoms with Crippen molar-refractivity contribution in [2.24, 2.45) is 5.92 Å². The second-order valence-electron chi connectivity index (χ2n) is 4.03. The van der Waals surface area contributed by atoms with Gasteiger partial charge in [0.1, 0.15) is 0 Å². The Kier molecular flexibility index (Phi) is 4.79. The van der Waals surface area contributed by atoms with Crippen molar-refractivity contribution < 1.29 is 26.9 Å². The van der Waals surface area contributed by atoms with Gasteiger partial charge in [-0.2, -0.15) is 13.2 Å². The molecule has 0 unspecified atom stereocenters. The number of hydrogen-bond acceptors (Lipinski definition) is 3. The lowest BCUT2D eigenvalue weighted by Crippen LogP contribution is -2.37. The van der Waals surface area contributed by atoms with Crippen molar-refractivity contribution >= 4 is 16.9 Å². The summed E-state index contributed by atoms with van der Waals surface area (Å²) in [6, 6.07) is 0. The molecule has 17 heavy (non-hydrogen) atoms. The zero-order valence-electron chi connectivity index (χ0n) is 9.33. The van der Waals surface area contributed by atoms with Gasteiger partial charge >= 0.3 is 12.3 Å². The molecule has 1 amide bonds. The predicted molar refractivity (Wildman–Crippen MR) is 56.0 cm³/mol. The molecule has 0 aromatic carbocycles. The summed E-state index contributed by atoms with van der Waals surface area (Å²) in [5, 5.41) is 0. The van der Waals surface area contributed by atoms with Crippen LogP contribution in [0.4, 0.5) is 18.0 Å². The number of rotatable bonds is 1. The molecular weight excluding hydrogens is 259 g/mol. The summed E-state index contributed by atoms with van der Waals surface area (Å²) in [6.07, 6.45) is -5.51. The summed E-state index contributed by atoms with van der Waals surface area (Å²) in [6.45, 7) is 0.670. The zero-order valence-corrected chi connectivity index (χ0v) is 10.1. The molecule has 0 spiro atoms. The maximum absolute atomic E-state index is 11.9. The number of ether oxygens (including phenoxy) is 1. The third-order valence-electron chi connectivity index (χ3n) is 2.21. The van der Waals surface area contributed by atoms with E-state index in [1.165, 1.54) is 4.90 Å². The summed E-state index contributed by atoms with van der Waals surface area (Å²) in [7, 11) is -1.02. The van der Waals surface area contributed by atoms with Gasteiger partial charge in [-0.3, -0.25) is 4.21 Å². The fraction of sp³-hybridized carbons (Fsp3) is 0.889. The number of nitrogens with zero attached hydrogens (tertiary/aromatic N) is 1. The number of amides is 1. The molecule has 0 aromatic heterocycles. The summed E-state index contributed by atoms with van der Waals surface area (Å²) >= 11 is 0. The Morgan fingerprint density at radius 2 is 2.18 bits per heavy atom. The Balaban J connectivity index is 2.48. The third kappa shape index (κ3) is 5.38. The molecule has 0 aromatic rings. The van der Waals surface area contributed by atoms with Gasteiger partial charge in [-0.05, 0) is 5.92 Å². The molecule has 1 fully saturated rings. The average Bonchev–Trinajstić information content (AvgIpc) is 2.35. The van der Waals surface area contributed by atoms with Crippen molar-refractivity contribution in [3.8, 4) is 0 Å². The van der Waals surface area contributed by atoms with Gasteiger partial charge in [0.15, 0.2) is 6.61 Å². The molecule has 0 aliphatic carbocycles. The Labute approximate surface area is 99.6 Å². The van der Waals surface area contributed by atoms with Crippen LogP contribution in [0.2, 0.25) is 0 Å². The van der Waals surface area contributed by atoms with E-state index >= 15 is 0 Å². The van der Waals surface area contributed by atoms with E-state index < -0.39 is 29.7 Å². The molecule has 8 heteroatoms. The van der Waals surface area contributed by atoms with Crippen molar-refractivity contribution in [2.75, 3.05) is 31.2 Å². The maximum Gasteiger partial charge on any atom is 0.422 e. The average molecular weight is 273 g/mol. The van der Waals surface area contributed by atoms with Gasteiger partial charge in [-0.15, -0.1) is 0 Å². The molecule has 1 aliphatic rings. The SMILES string of the molecule is C[C@@H]1CN(C(=O)OCC(F)(F)F)CC[S@](=O)C1. The Morgan fingerprint density at radius 1 is 1.53 bits per heavy atom. The molecule has 0 saturated carbocycles. The van der Waals surface area contributed by atoms with Crippen LogP contribution in [0.15, 0.2) is 0 Å². The minimum atomic E-state index is -4.52. The number of alkyl halides is 3. The predicted octanol–water partition coefficient (Wildman–Crippen LogP) is 1.39. The smallest absolute Gasteiger partial charge is 0.422 e. The van der Waals surface area contributed by atoms with E-state index in [-0.39, 0.29) is 24.8 Å². The first kappa shape index (κ1) is 14.3. The zero-order chi connectivity index (χ0) is 13.1. The van der Waals surface area contributed by atoms with Crippen LogP contribution in [-0.4, -0.2) is 52.6 Å². The lowest BCUT2D eigenvalue weighted by Gasteiger charge is -2.21. The summed E-state index contributed by atoms with van der Waals surface area (Å²) in [5.74, 6) is 0.742. The fourth-order valence-electron chi connectivity index (χ4n) is 1.53. The lowest BCUT2D eigenvalue weighted by molar-refractivity contribution is -0.162. The molecule has 2 atom stereocenters. The second kappa shape index (κ2) is 5.70. The molecule has 1 saturated heterocycles. The molecule has 100 valence electrons. The van der Waals surface area contributed by atoms with Crippen LogP contribution in [0.3, 0.4) is 0 Å². The van der Waals surface area contributed by atoms with Crippen LogP contribution in [0.5, 0.6) is 0 Å². The second-order valence-corrected chi connectivity index (χ2v) is 5.65. The van der Waals surface area contributed by atoms with Gasteiger partial charge in [0.2, 0.25) is 0 Å². The number of halogens is 3. The van der Waals surface area contributed by atoms with E-state index in [1.807, 2.05) is 0 Å². The van der Waals surface area contributed by atoms with Crippen molar-refractivity contribution in [2.45, 2.75) is 13.1 Å². The first-order valence-corrected chi connectivity index (χ1v) is 6.60. The van der Waals surface area contributed by atoms with E-state index in [2.05, 4.69) is 4.74 Å². The largest absolute Gasteiger partial charge is 0.440 e. The number of hydrogen-bond donors (Lipinski definition) is 0. The van der Waals surface area contributed by atoms with Gasteiger partial charge in [-0.25, -0.2) is 4.79 Å². The maximum atomic E-state index is 11.9. The highest BCUT2D eigenvalue weighted by Gasteiger charge is 2.31. The van der Waals surface area contributed by atoms with Crippen LogP contribution in [0.1, 0.15) is 6.92 Å². The Hall–Kier alpha value is -0.790. The molecule has 1 rings (SSSR count). The monoisotopic (exact) mass is 273 g/mol. The molecule has 1 aliphatic heterocycles. The summed E-state index contributed by atoms with van der Waals surface area (Å²) < 4.78 is 51.1. The van der Waals surface area contributed by atoms with Crippen LogP contribution >= 0.6 is 0 Å². The minimum absolute atomic E-state index is 0.00299. The molecule has 1 heterocycles. The minimum Gasteiger partial charge on any atom is -0.440 e. The van der Waals surface area contributed by atoms with Crippen LogP contribution < -0.4 is 0 Å². The van der Waals surface area contributed by atoms with Gasteiger partial charge in [0, 0.05) is 35.4 Å².